The number of sulfonamides is 1. The van der Waals surface area contributed by atoms with E-state index >= 15 is 0 Å². The number of halogens is 2. The fourth-order valence-electron chi connectivity index (χ4n) is 2.73. The zero-order chi connectivity index (χ0) is 22.1. The lowest BCUT2D eigenvalue weighted by molar-refractivity contribution is -0.143. The molecule has 0 radical (unpaired) electrons. The first-order valence-electron chi connectivity index (χ1n) is 8.72. The Morgan fingerprint density at radius 1 is 1.10 bits per heavy atom. The zero-order valence-corrected chi connectivity index (χ0v) is 18.3. The zero-order valence-electron chi connectivity index (χ0n) is 16.0. The lowest BCUT2D eigenvalue weighted by Gasteiger charge is -2.10. The van der Waals surface area contributed by atoms with Gasteiger partial charge in [0.15, 0.2) is 0 Å². The molecule has 30 heavy (non-hydrogen) atoms. The number of carbonyl (C=O) groups is 1. The molecule has 1 heterocycles. The van der Waals surface area contributed by atoms with Gasteiger partial charge in [-0.2, -0.15) is 4.72 Å². The fourth-order valence-corrected chi connectivity index (χ4v) is 4.09. The monoisotopic (exact) mass is 469 g/mol. The van der Waals surface area contributed by atoms with Crippen LogP contribution in [-0.2, 0) is 26.2 Å². The van der Waals surface area contributed by atoms with E-state index < -0.39 is 28.2 Å². The Balaban J connectivity index is 1.70. The Hall–Kier alpha value is -2.39. The normalized spacial score (nSPS) is 11.6. The molecule has 0 amide bonds. The van der Waals surface area contributed by atoms with Gasteiger partial charge in [0.05, 0.1) is 14.9 Å². The Morgan fingerprint density at radius 2 is 1.83 bits per heavy atom. The van der Waals surface area contributed by atoms with Crippen LogP contribution < -0.4 is 10.3 Å². The van der Waals surface area contributed by atoms with E-state index in [1.54, 1.807) is 6.07 Å². The van der Waals surface area contributed by atoms with Crippen LogP contribution in [0.3, 0.4) is 0 Å². The number of esters is 1. The van der Waals surface area contributed by atoms with Gasteiger partial charge in [-0.1, -0.05) is 35.3 Å². The lowest BCUT2D eigenvalue weighted by atomic mass is 10.0. The molecule has 158 valence electrons. The van der Waals surface area contributed by atoms with Gasteiger partial charge < -0.3 is 9.15 Å². The van der Waals surface area contributed by atoms with Crippen LogP contribution in [0.4, 0.5) is 0 Å². The van der Waals surface area contributed by atoms with Crippen molar-refractivity contribution in [2.75, 3.05) is 6.54 Å². The van der Waals surface area contributed by atoms with Gasteiger partial charge in [0.2, 0.25) is 10.0 Å². The molecule has 3 aromatic rings. The summed E-state index contributed by atoms with van der Waals surface area (Å²) in [7, 11) is -3.99. The van der Waals surface area contributed by atoms with Crippen molar-refractivity contribution in [3.05, 3.63) is 73.6 Å². The Morgan fingerprint density at radius 3 is 2.53 bits per heavy atom. The van der Waals surface area contributed by atoms with E-state index in [-0.39, 0.29) is 21.5 Å². The van der Waals surface area contributed by atoms with Crippen molar-refractivity contribution in [1.82, 2.24) is 4.72 Å². The van der Waals surface area contributed by atoms with Crippen molar-refractivity contribution in [3.63, 3.8) is 0 Å². The smallest absolute Gasteiger partial charge is 0.336 e. The maximum absolute atomic E-state index is 12.3. The van der Waals surface area contributed by atoms with Gasteiger partial charge in [-0.15, -0.1) is 0 Å². The fraction of sp³-hybridized carbons (Fsp3) is 0.200. The second-order valence-electron chi connectivity index (χ2n) is 6.54. The van der Waals surface area contributed by atoms with Crippen molar-refractivity contribution < 1.29 is 22.4 Å². The van der Waals surface area contributed by atoms with E-state index in [1.807, 2.05) is 19.9 Å². The highest BCUT2D eigenvalue weighted by Gasteiger charge is 2.18. The van der Waals surface area contributed by atoms with Gasteiger partial charge in [0, 0.05) is 17.0 Å². The number of rotatable bonds is 6. The van der Waals surface area contributed by atoms with E-state index in [1.165, 1.54) is 24.3 Å². The van der Waals surface area contributed by atoms with Crippen LogP contribution in [-0.4, -0.2) is 20.9 Å². The van der Waals surface area contributed by atoms with E-state index in [0.717, 1.165) is 11.1 Å². The van der Waals surface area contributed by atoms with Gasteiger partial charge in [0.1, 0.15) is 18.7 Å². The third-order valence-corrected chi connectivity index (χ3v) is 6.65. The number of hydrogen-bond acceptors (Lipinski definition) is 6. The molecule has 0 unspecified atom stereocenters. The van der Waals surface area contributed by atoms with Crippen LogP contribution in [0.15, 0.2) is 50.5 Å². The second-order valence-corrected chi connectivity index (χ2v) is 9.12. The van der Waals surface area contributed by atoms with Crippen LogP contribution in [0.25, 0.3) is 11.0 Å². The minimum atomic E-state index is -3.99. The summed E-state index contributed by atoms with van der Waals surface area (Å²) in [5, 5.41) is 0.921. The average Bonchev–Trinajstić information content (AvgIpc) is 2.69. The third kappa shape index (κ3) is 4.84. The summed E-state index contributed by atoms with van der Waals surface area (Å²) in [6, 6.07) is 8.67. The highest BCUT2D eigenvalue weighted by Crippen LogP contribution is 2.25. The van der Waals surface area contributed by atoms with Crippen LogP contribution in [0, 0.1) is 13.8 Å². The maximum atomic E-state index is 12.3. The van der Waals surface area contributed by atoms with E-state index in [4.69, 9.17) is 32.4 Å². The Kier molecular flexibility index (Phi) is 6.52. The first-order chi connectivity index (χ1) is 14.1. The number of fused-ring (bicyclic) bond motifs is 1. The molecule has 2 aromatic carbocycles. The van der Waals surface area contributed by atoms with Crippen LogP contribution in [0.1, 0.15) is 16.7 Å². The van der Waals surface area contributed by atoms with Crippen LogP contribution in [0.5, 0.6) is 0 Å². The molecular formula is C20H17Cl2NO6S. The van der Waals surface area contributed by atoms with E-state index in [0.29, 0.717) is 16.5 Å². The molecule has 0 spiro atoms. The van der Waals surface area contributed by atoms with E-state index in [2.05, 4.69) is 4.72 Å². The van der Waals surface area contributed by atoms with Crippen LogP contribution in [0.2, 0.25) is 10.0 Å². The minimum absolute atomic E-state index is 0.0717. The molecular weight excluding hydrogens is 453 g/mol. The largest absolute Gasteiger partial charge is 0.460 e. The highest BCUT2D eigenvalue weighted by molar-refractivity contribution is 7.89. The van der Waals surface area contributed by atoms with Crippen molar-refractivity contribution in [2.45, 2.75) is 25.3 Å². The number of carbonyl (C=O) groups excluding carboxylic acids is 1. The SMILES string of the molecule is Cc1ccc2c(COC(=O)CNS(=O)(=O)c3ccc(Cl)c(Cl)c3)cc(=O)oc2c1C. The summed E-state index contributed by atoms with van der Waals surface area (Å²) in [6.07, 6.45) is 0. The topological polar surface area (TPSA) is 103 Å². The predicted molar refractivity (Wildman–Crippen MR) is 113 cm³/mol. The van der Waals surface area contributed by atoms with E-state index in [9.17, 15) is 18.0 Å². The summed E-state index contributed by atoms with van der Waals surface area (Å²) in [5.41, 5.74) is 2.09. The summed E-state index contributed by atoms with van der Waals surface area (Å²) < 4.78 is 37.1. The first kappa shape index (κ1) is 22.3. The van der Waals surface area contributed by atoms with Crippen molar-refractivity contribution >= 4 is 50.2 Å². The molecule has 0 bridgehead atoms. The number of nitrogens with one attached hydrogen (secondary N) is 1. The standard InChI is InChI=1S/C20H17Cl2NO6S/c1-11-3-5-15-13(7-18(24)29-20(15)12(11)2)10-28-19(25)9-23-30(26,27)14-4-6-16(21)17(22)8-14/h3-8,23H,9-10H2,1-2H3. The van der Waals surface area contributed by atoms with Gasteiger partial charge in [-0.05, 0) is 43.2 Å². The molecule has 3 rings (SSSR count). The van der Waals surface area contributed by atoms with Crippen molar-refractivity contribution in [2.24, 2.45) is 0 Å². The molecule has 0 saturated carbocycles. The molecule has 0 saturated heterocycles. The highest BCUT2D eigenvalue weighted by atomic mass is 35.5. The Bertz CT molecular complexity index is 1300. The van der Waals surface area contributed by atoms with Gasteiger partial charge in [-0.3, -0.25) is 4.79 Å². The number of ether oxygens (including phenoxy) is 1. The van der Waals surface area contributed by atoms with Gasteiger partial charge >= 0.3 is 11.6 Å². The average molecular weight is 470 g/mol. The summed E-state index contributed by atoms with van der Waals surface area (Å²) >= 11 is 11.6. The second kappa shape index (κ2) is 8.77. The number of aryl methyl sites for hydroxylation is 2. The minimum Gasteiger partial charge on any atom is -0.460 e. The van der Waals surface area contributed by atoms with Crippen molar-refractivity contribution in [1.29, 1.82) is 0 Å². The van der Waals surface area contributed by atoms with Gasteiger partial charge in [-0.25, -0.2) is 13.2 Å². The first-order valence-corrected chi connectivity index (χ1v) is 11.0. The molecule has 0 atom stereocenters. The van der Waals surface area contributed by atoms with Gasteiger partial charge in [0.25, 0.3) is 0 Å². The number of benzene rings is 2. The lowest BCUT2D eigenvalue weighted by Crippen LogP contribution is -2.30. The molecule has 0 aliphatic heterocycles. The quantitative estimate of drug-likeness (QED) is 0.435. The Labute approximate surface area is 182 Å². The molecule has 7 nitrogen and oxygen atoms in total. The molecule has 1 aromatic heterocycles. The third-order valence-electron chi connectivity index (χ3n) is 4.51. The molecule has 1 N–H and O–H groups in total. The maximum Gasteiger partial charge on any atom is 0.336 e. The predicted octanol–water partition coefficient (Wildman–Crippen LogP) is 3.74. The summed E-state index contributed by atoms with van der Waals surface area (Å²) in [4.78, 5) is 23.8. The summed E-state index contributed by atoms with van der Waals surface area (Å²) in [6.45, 7) is 2.91. The molecule has 0 aliphatic rings. The molecule has 0 fully saturated rings. The van der Waals surface area contributed by atoms with Crippen molar-refractivity contribution in [3.8, 4) is 0 Å². The molecule has 10 heteroatoms. The molecule has 0 aliphatic carbocycles. The van der Waals surface area contributed by atoms with Crippen LogP contribution >= 0.6 is 23.2 Å². The number of hydrogen-bond donors (Lipinski definition) is 1. The summed E-state index contributed by atoms with van der Waals surface area (Å²) in [5.74, 6) is -0.816.